The van der Waals surface area contributed by atoms with Gasteiger partial charge in [-0.1, -0.05) is 0 Å². The van der Waals surface area contributed by atoms with Crippen LogP contribution in [0.15, 0.2) is 4.99 Å². The van der Waals surface area contributed by atoms with Gasteiger partial charge in [0.15, 0.2) is 0 Å². The van der Waals surface area contributed by atoms with Crippen molar-refractivity contribution in [2.75, 3.05) is 27.2 Å². The summed E-state index contributed by atoms with van der Waals surface area (Å²) >= 11 is 0. The Morgan fingerprint density at radius 3 is 2.33 bits per heavy atom. The third-order valence-corrected chi connectivity index (χ3v) is 0.973. The van der Waals surface area contributed by atoms with Crippen molar-refractivity contribution >= 4 is 5.71 Å². The van der Waals surface area contributed by atoms with Crippen LogP contribution in [0.1, 0.15) is 13.8 Å². The van der Waals surface area contributed by atoms with E-state index in [0.717, 1.165) is 13.1 Å². The van der Waals surface area contributed by atoms with Crippen LogP contribution in [-0.2, 0) is 0 Å². The van der Waals surface area contributed by atoms with E-state index < -0.39 is 0 Å². The van der Waals surface area contributed by atoms with E-state index in [4.69, 9.17) is 0 Å². The van der Waals surface area contributed by atoms with Gasteiger partial charge in [-0.3, -0.25) is 4.99 Å². The first-order valence-electron chi connectivity index (χ1n) is 3.31. The third-order valence-electron chi connectivity index (χ3n) is 0.973. The number of nitrogens with zero attached hydrogens (tertiary/aromatic N) is 2. The predicted molar refractivity (Wildman–Crippen MR) is 42.2 cm³/mol. The molecule has 0 heterocycles. The molecule has 0 unspecified atom stereocenters. The summed E-state index contributed by atoms with van der Waals surface area (Å²) in [6, 6.07) is 0. The van der Waals surface area contributed by atoms with Crippen molar-refractivity contribution in [3.8, 4) is 0 Å². The molecule has 9 heavy (non-hydrogen) atoms. The number of hydrogen-bond donors (Lipinski definition) is 0. The maximum absolute atomic E-state index is 4.24. The molecule has 0 aliphatic rings. The summed E-state index contributed by atoms with van der Waals surface area (Å²) in [5.74, 6) is 0. The molecular formula is C7H16N2. The molecule has 0 saturated heterocycles. The fraction of sp³-hybridized carbons (Fsp3) is 0.857. The van der Waals surface area contributed by atoms with Gasteiger partial charge in [-0.15, -0.1) is 0 Å². The minimum absolute atomic E-state index is 0.902. The quantitative estimate of drug-likeness (QED) is 0.518. The first-order valence-corrected chi connectivity index (χ1v) is 3.31. The highest BCUT2D eigenvalue weighted by Gasteiger charge is 1.90. The van der Waals surface area contributed by atoms with Crippen molar-refractivity contribution in [2.24, 2.45) is 4.99 Å². The highest BCUT2D eigenvalue weighted by Crippen LogP contribution is 1.80. The lowest BCUT2D eigenvalue weighted by Crippen LogP contribution is -2.19. The van der Waals surface area contributed by atoms with Gasteiger partial charge in [-0.2, -0.15) is 0 Å². The average Bonchev–Trinajstić information content (AvgIpc) is 1.63. The van der Waals surface area contributed by atoms with Crippen molar-refractivity contribution in [1.82, 2.24) is 4.90 Å². The maximum atomic E-state index is 4.24. The summed E-state index contributed by atoms with van der Waals surface area (Å²) in [5, 5.41) is 0. The van der Waals surface area contributed by atoms with Crippen LogP contribution < -0.4 is 0 Å². The van der Waals surface area contributed by atoms with Gasteiger partial charge in [0.2, 0.25) is 0 Å². The Bertz CT molecular complexity index is 95.1. The maximum Gasteiger partial charge on any atom is 0.0360 e. The lowest BCUT2D eigenvalue weighted by Gasteiger charge is -2.07. The standard InChI is InChI=1S/C7H16N2/c1-5-8-7(2)6-9(3)4/h5-6H2,1-4H3. The molecule has 0 aromatic heterocycles. The normalized spacial score (nSPS) is 12.8. The second kappa shape index (κ2) is 4.50. The first-order chi connectivity index (χ1) is 4.16. The topological polar surface area (TPSA) is 15.6 Å². The minimum Gasteiger partial charge on any atom is -0.304 e. The molecule has 2 nitrogen and oxygen atoms in total. The van der Waals surface area contributed by atoms with Crippen molar-refractivity contribution in [1.29, 1.82) is 0 Å². The highest BCUT2D eigenvalue weighted by atomic mass is 15.1. The summed E-state index contributed by atoms with van der Waals surface area (Å²) in [7, 11) is 4.10. The summed E-state index contributed by atoms with van der Waals surface area (Å²) in [5.41, 5.74) is 1.21. The Kier molecular flexibility index (Phi) is 4.32. The van der Waals surface area contributed by atoms with Crippen molar-refractivity contribution in [3.63, 3.8) is 0 Å². The van der Waals surface area contributed by atoms with Gasteiger partial charge in [0.05, 0.1) is 0 Å². The number of aliphatic imine (C=N–C) groups is 1. The molecule has 54 valence electrons. The Hall–Kier alpha value is -0.370. The highest BCUT2D eigenvalue weighted by molar-refractivity contribution is 5.83. The van der Waals surface area contributed by atoms with Crippen LogP contribution in [0.4, 0.5) is 0 Å². The molecule has 0 rings (SSSR count). The first kappa shape index (κ1) is 8.63. The fourth-order valence-electron chi connectivity index (χ4n) is 0.778. The molecule has 0 amide bonds. The summed E-state index contributed by atoms with van der Waals surface area (Å²) < 4.78 is 0. The zero-order valence-corrected chi connectivity index (χ0v) is 6.81. The lowest BCUT2D eigenvalue weighted by molar-refractivity contribution is 0.468. The van der Waals surface area contributed by atoms with Crippen LogP contribution in [0.3, 0.4) is 0 Å². The van der Waals surface area contributed by atoms with Crippen LogP contribution in [-0.4, -0.2) is 37.8 Å². The van der Waals surface area contributed by atoms with Crippen molar-refractivity contribution in [2.45, 2.75) is 13.8 Å². The van der Waals surface area contributed by atoms with Gasteiger partial charge >= 0.3 is 0 Å². The van der Waals surface area contributed by atoms with E-state index in [1.54, 1.807) is 0 Å². The number of hydrogen-bond acceptors (Lipinski definition) is 2. The van der Waals surface area contributed by atoms with Crippen LogP contribution in [0, 0.1) is 0 Å². The molecule has 0 spiro atoms. The Labute approximate surface area is 57.6 Å². The van der Waals surface area contributed by atoms with Crippen molar-refractivity contribution < 1.29 is 0 Å². The molecule has 0 aromatic carbocycles. The van der Waals surface area contributed by atoms with E-state index in [9.17, 15) is 0 Å². The Balaban J connectivity index is 3.49. The average molecular weight is 128 g/mol. The van der Waals surface area contributed by atoms with E-state index in [1.807, 2.05) is 0 Å². The van der Waals surface area contributed by atoms with Crippen LogP contribution in [0.2, 0.25) is 0 Å². The Morgan fingerprint density at radius 2 is 2.00 bits per heavy atom. The lowest BCUT2D eigenvalue weighted by atomic mass is 10.4. The minimum atomic E-state index is 0.902. The molecule has 0 bridgehead atoms. The molecule has 0 saturated carbocycles. The van der Waals surface area contributed by atoms with Gasteiger partial charge < -0.3 is 4.90 Å². The monoisotopic (exact) mass is 128 g/mol. The van der Waals surface area contributed by atoms with Gasteiger partial charge in [-0.05, 0) is 27.9 Å². The summed E-state index contributed by atoms with van der Waals surface area (Å²) in [4.78, 5) is 6.36. The van der Waals surface area contributed by atoms with Gasteiger partial charge in [0, 0.05) is 18.8 Å². The van der Waals surface area contributed by atoms with Gasteiger partial charge in [-0.25, -0.2) is 0 Å². The Morgan fingerprint density at radius 1 is 1.44 bits per heavy atom. The zero-order valence-electron chi connectivity index (χ0n) is 6.81. The molecular weight excluding hydrogens is 112 g/mol. The van der Waals surface area contributed by atoms with E-state index in [-0.39, 0.29) is 0 Å². The van der Waals surface area contributed by atoms with Gasteiger partial charge in [0.1, 0.15) is 0 Å². The summed E-state index contributed by atoms with van der Waals surface area (Å²) in [6.45, 7) is 6.00. The third kappa shape index (κ3) is 5.50. The largest absolute Gasteiger partial charge is 0.304 e. The van der Waals surface area contributed by atoms with E-state index in [0.29, 0.717) is 0 Å². The molecule has 0 radical (unpaired) electrons. The van der Waals surface area contributed by atoms with Crippen LogP contribution in [0.5, 0.6) is 0 Å². The molecule has 0 aliphatic heterocycles. The zero-order chi connectivity index (χ0) is 7.28. The SMILES string of the molecule is CCN=C(C)CN(C)C. The van der Waals surface area contributed by atoms with Crippen LogP contribution >= 0.6 is 0 Å². The second-order valence-electron chi connectivity index (χ2n) is 2.45. The van der Waals surface area contributed by atoms with Gasteiger partial charge in [0.25, 0.3) is 0 Å². The summed E-state index contributed by atoms with van der Waals surface area (Å²) in [6.07, 6.45) is 0. The molecule has 0 atom stereocenters. The predicted octanol–water partition coefficient (Wildman–Crippen LogP) is 1.03. The molecule has 0 fully saturated rings. The molecule has 0 aliphatic carbocycles. The molecule has 0 aromatic rings. The molecule has 0 N–H and O–H groups in total. The smallest absolute Gasteiger partial charge is 0.0360 e. The van der Waals surface area contributed by atoms with Crippen molar-refractivity contribution in [3.05, 3.63) is 0 Å². The number of rotatable bonds is 3. The molecule has 2 heteroatoms. The van der Waals surface area contributed by atoms with E-state index in [1.165, 1.54) is 5.71 Å². The second-order valence-corrected chi connectivity index (χ2v) is 2.45. The van der Waals surface area contributed by atoms with E-state index >= 15 is 0 Å². The fourth-order valence-corrected chi connectivity index (χ4v) is 0.778. The van der Waals surface area contributed by atoms with E-state index in [2.05, 4.69) is 37.8 Å². The van der Waals surface area contributed by atoms with Crippen LogP contribution in [0.25, 0.3) is 0 Å².